The van der Waals surface area contributed by atoms with Gasteiger partial charge < -0.3 is 5.73 Å². The Kier molecular flexibility index (Phi) is 2.89. The SMILES string of the molecule is Cc1ncc(C#CCC#N)cc1N. The van der Waals surface area contributed by atoms with E-state index in [-0.39, 0.29) is 6.42 Å². The Morgan fingerprint density at radius 1 is 1.62 bits per heavy atom. The summed E-state index contributed by atoms with van der Waals surface area (Å²) >= 11 is 0. The average molecular weight is 171 g/mol. The smallest absolute Gasteiger partial charge is 0.0966 e. The summed E-state index contributed by atoms with van der Waals surface area (Å²) in [5.74, 6) is 5.49. The summed E-state index contributed by atoms with van der Waals surface area (Å²) in [5, 5.41) is 8.25. The van der Waals surface area contributed by atoms with Crippen molar-refractivity contribution in [2.24, 2.45) is 0 Å². The second-order valence-corrected chi connectivity index (χ2v) is 2.54. The summed E-state index contributed by atoms with van der Waals surface area (Å²) < 4.78 is 0. The molecular formula is C10H9N3. The van der Waals surface area contributed by atoms with E-state index in [0.717, 1.165) is 11.3 Å². The number of aromatic nitrogens is 1. The molecule has 0 saturated heterocycles. The molecule has 3 heteroatoms. The number of nitrogens with zero attached hydrogens (tertiary/aromatic N) is 2. The van der Waals surface area contributed by atoms with Crippen LogP contribution in [0.1, 0.15) is 17.7 Å². The van der Waals surface area contributed by atoms with Crippen molar-refractivity contribution in [3.8, 4) is 17.9 Å². The molecule has 1 heterocycles. The van der Waals surface area contributed by atoms with Crippen LogP contribution in [-0.4, -0.2) is 4.98 Å². The molecule has 3 nitrogen and oxygen atoms in total. The van der Waals surface area contributed by atoms with Crippen LogP contribution in [0.3, 0.4) is 0 Å². The summed E-state index contributed by atoms with van der Waals surface area (Å²) in [6.07, 6.45) is 1.88. The number of nitriles is 1. The van der Waals surface area contributed by atoms with Crippen LogP contribution >= 0.6 is 0 Å². The van der Waals surface area contributed by atoms with Crippen molar-refractivity contribution in [3.63, 3.8) is 0 Å². The van der Waals surface area contributed by atoms with Gasteiger partial charge in [0.25, 0.3) is 0 Å². The molecule has 1 aromatic heterocycles. The first-order chi connectivity index (χ1) is 6.24. The Bertz CT molecular complexity index is 404. The van der Waals surface area contributed by atoms with E-state index in [4.69, 9.17) is 11.0 Å². The van der Waals surface area contributed by atoms with Gasteiger partial charge in [0.1, 0.15) is 0 Å². The van der Waals surface area contributed by atoms with Crippen molar-refractivity contribution < 1.29 is 0 Å². The molecule has 1 rings (SSSR count). The third kappa shape index (κ3) is 2.50. The lowest BCUT2D eigenvalue weighted by molar-refractivity contribution is 1.20. The second kappa shape index (κ2) is 4.13. The van der Waals surface area contributed by atoms with Gasteiger partial charge in [-0.1, -0.05) is 11.8 Å². The van der Waals surface area contributed by atoms with Gasteiger partial charge in [0.2, 0.25) is 0 Å². The molecule has 0 atom stereocenters. The first kappa shape index (κ1) is 9.09. The van der Waals surface area contributed by atoms with Gasteiger partial charge in [-0.15, -0.1) is 0 Å². The minimum absolute atomic E-state index is 0.230. The van der Waals surface area contributed by atoms with Gasteiger partial charge in [-0.3, -0.25) is 4.98 Å². The van der Waals surface area contributed by atoms with Crippen molar-refractivity contribution in [1.82, 2.24) is 4.98 Å². The van der Waals surface area contributed by atoms with E-state index < -0.39 is 0 Å². The first-order valence-electron chi connectivity index (χ1n) is 3.82. The Balaban J connectivity index is 2.89. The summed E-state index contributed by atoms with van der Waals surface area (Å²) in [6.45, 7) is 1.84. The molecule has 0 bridgehead atoms. The number of pyridine rings is 1. The lowest BCUT2D eigenvalue weighted by Crippen LogP contribution is -1.93. The zero-order valence-electron chi connectivity index (χ0n) is 7.33. The monoisotopic (exact) mass is 171 g/mol. The number of aryl methyl sites for hydroxylation is 1. The molecule has 0 amide bonds. The van der Waals surface area contributed by atoms with Crippen molar-refractivity contribution in [2.45, 2.75) is 13.3 Å². The molecule has 0 aliphatic heterocycles. The van der Waals surface area contributed by atoms with Crippen LogP contribution in [0, 0.1) is 30.1 Å². The number of hydrogen-bond acceptors (Lipinski definition) is 3. The highest BCUT2D eigenvalue weighted by Gasteiger charge is 1.94. The molecule has 2 N–H and O–H groups in total. The fourth-order valence-electron chi connectivity index (χ4n) is 0.804. The fourth-order valence-corrected chi connectivity index (χ4v) is 0.804. The van der Waals surface area contributed by atoms with E-state index in [1.807, 2.05) is 13.0 Å². The average Bonchev–Trinajstić information content (AvgIpc) is 2.12. The highest BCUT2D eigenvalue weighted by atomic mass is 14.7. The van der Waals surface area contributed by atoms with Crippen LogP contribution in [0.25, 0.3) is 0 Å². The van der Waals surface area contributed by atoms with E-state index in [1.54, 1.807) is 12.3 Å². The van der Waals surface area contributed by atoms with E-state index >= 15 is 0 Å². The zero-order valence-corrected chi connectivity index (χ0v) is 7.33. The maximum atomic E-state index is 8.25. The van der Waals surface area contributed by atoms with Crippen molar-refractivity contribution in [2.75, 3.05) is 5.73 Å². The summed E-state index contributed by atoms with van der Waals surface area (Å²) in [4.78, 5) is 4.05. The van der Waals surface area contributed by atoms with Crippen LogP contribution in [0.5, 0.6) is 0 Å². The lowest BCUT2D eigenvalue weighted by atomic mass is 10.2. The minimum Gasteiger partial charge on any atom is -0.397 e. The van der Waals surface area contributed by atoms with E-state index in [1.165, 1.54) is 0 Å². The third-order valence-electron chi connectivity index (χ3n) is 1.53. The van der Waals surface area contributed by atoms with E-state index in [0.29, 0.717) is 5.69 Å². The molecule has 0 unspecified atom stereocenters. The maximum Gasteiger partial charge on any atom is 0.0966 e. The molecule has 0 aliphatic carbocycles. The zero-order chi connectivity index (χ0) is 9.68. The Morgan fingerprint density at radius 2 is 2.38 bits per heavy atom. The van der Waals surface area contributed by atoms with Gasteiger partial charge in [-0.25, -0.2) is 0 Å². The van der Waals surface area contributed by atoms with Crippen molar-refractivity contribution in [3.05, 3.63) is 23.5 Å². The molecule has 0 radical (unpaired) electrons. The topological polar surface area (TPSA) is 62.7 Å². The number of nitrogens with two attached hydrogens (primary N) is 1. The van der Waals surface area contributed by atoms with Crippen LogP contribution in [0.4, 0.5) is 5.69 Å². The number of nitrogen functional groups attached to an aromatic ring is 1. The number of anilines is 1. The molecule has 0 aliphatic rings. The van der Waals surface area contributed by atoms with Crippen LogP contribution < -0.4 is 5.73 Å². The predicted octanol–water partition coefficient (Wildman–Crippen LogP) is 1.24. The maximum absolute atomic E-state index is 8.25. The molecule has 64 valence electrons. The molecule has 13 heavy (non-hydrogen) atoms. The quantitative estimate of drug-likeness (QED) is 0.597. The van der Waals surface area contributed by atoms with Gasteiger partial charge in [0.15, 0.2) is 0 Å². The van der Waals surface area contributed by atoms with E-state index in [9.17, 15) is 0 Å². The van der Waals surface area contributed by atoms with Crippen LogP contribution in [0.2, 0.25) is 0 Å². The number of rotatable bonds is 0. The first-order valence-corrected chi connectivity index (χ1v) is 3.82. The minimum atomic E-state index is 0.230. The van der Waals surface area contributed by atoms with Gasteiger partial charge >= 0.3 is 0 Å². The van der Waals surface area contributed by atoms with Gasteiger partial charge in [-0.2, -0.15) is 5.26 Å². The van der Waals surface area contributed by atoms with Crippen LogP contribution in [-0.2, 0) is 0 Å². The third-order valence-corrected chi connectivity index (χ3v) is 1.53. The van der Waals surface area contributed by atoms with E-state index in [2.05, 4.69) is 16.8 Å². The fraction of sp³-hybridized carbons (Fsp3) is 0.200. The lowest BCUT2D eigenvalue weighted by Gasteiger charge is -1.97. The van der Waals surface area contributed by atoms with Crippen molar-refractivity contribution in [1.29, 1.82) is 5.26 Å². The summed E-state index contributed by atoms with van der Waals surface area (Å²) in [6, 6.07) is 3.70. The molecular weight excluding hydrogens is 162 g/mol. The Labute approximate surface area is 77.2 Å². The summed E-state index contributed by atoms with van der Waals surface area (Å²) in [7, 11) is 0. The largest absolute Gasteiger partial charge is 0.397 e. The normalized spacial score (nSPS) is 8.31. The second-order valence-electron chi connectivity index (χ2n) is 2.54. The number of hydrogen-bond donors (Lipinski definition) is 1. The van der Waals surface area contributed by atoms with Gasteiger partial charge in [-0.05, 0) is 13.0 Å². The Morgan fingerprint density at radius 3 is 3.00 bits per heavy atom. The molecule has 0 spiro atoms. The highest BCUT2D eigenvalue weighted by molar-refractivity contribution is 5.48. The Hall–Kier alpha value is -2.00. The summed E-state index contributed by atoms with van der Waals surface area (Å²) in [5.41, 5.74) is 7.80. The predicted molar refractivity (Wildman–Crippen MR) is 50.5 cm³/mol. The van der Waals surface area contributed by atoms with Crippen molar-refractivity contribution >= 4 is 5.69 Å². The molecule has 1 aromatic rings. The molecule has 0 aromatic carbocycles. The van der Waals surface area contributed by atoms with Crippen LogP contribution in [0.15, 0.2) is 12.3 Å². The standard InChI is InChI=1S/C10H9N3/c1-8-10(12)6-9(7-13-8)4-2-3-5-11/h6-7H,3,12H2,1H3. The van der Waals surface area contributed by atoms with Gasteiger partial charge in [0, 0.05) is 11.8 Å². The molecule has 0 saturated carbocycles. The van der Waals surface area contributed by atoms with Gasteiger partial charge in [0.05, 0.1) is 23.9 Å². The molecule has 0 fully saturated rings. The highest BCUT2D eigenvalue weighted by Crippen LogP contribution is 2.08.